The van der Waals surface area contributed by atoms with Crippen molar-refractivity contribution in [1.82, 2.24) is 19.4 Å². The second kappa shape index (κ2) is 11.2. The first-order valence-electron chi connectivity index (χ1n) is 11.2. The molecule has 1 aromatic carbocycles. The maximum atomic E-state index is 13.1. The Morgan fingerprint density at radius 3 is 2.33 bits per heavy atom. The zero-order chi connectivity index (χ0) is 21.4. The molecule has 0 spiro atoms. The second-order valence-electron chi connectivity index (χ2n) is 8.38. The molecule has 1 amide bonds. The number of hydrogen-bond donors (Lipinski definition) is 1. The fraction of sp³-hybridized carbons (Fsp3) is 0.682. The van der Waals surface area contributed by atoms with Crippen molar-refractivity contribution in [2.45, 2.75) is 32.6 Å². The first kappa shape index (κ1) is 23.2. The van der Waals surface area contributed by atoms with Gasteiger partial charge in [0.25, 0.3) is 5.91 Å². The smallest absolute Gasteiger partial charge is 0.253 e. The molecule has 0 aliphatic carbocycles. The minimum atomic E-state index is -3.36. The van der Waals surface area contributed by atoms with Crippen LogP contribution in [0.2, 0.25) is 0 Å². The van der Waals surface area contributed by atoms with Crippen molar-refractivity contribution in [3.63, 3.8) is 0 Å². The van der Waals surface area contributed by atoms with Crippen molar-refractivity contribution >= 4 is 15.9 Å². The lowest BCUT2D eigenvalue weighted by atomic mass is 10.1. The highest BCUT2D eigenvalue weighted by Crippen LogP contribution is 2.12. The number of carbonyl (C=O) groups excluding carboxylic acids is 1. The lowest BCUT2D eigenvalue weighted by Gasteiger charge is -2.30. The summed E-state index contributed by atoms with van der Waals surface area (Å²) < 4.78 is 27.1. The van der Waals surface area contributed by atoms with Crippen molar-refractivity contribution in [3.8, 4) is 0 Å². The molecule has 0 radical (unpaired) electrons. The fourth-order valence-corrected chi connectivity index (χ4v) is 5.59. The van der Waals surface area contributed by atoms with Gasteiger partial charge in [-0.2, -0.15) is 4.31 Å². The average Bonchev–Trinajstić information content (AvgIpc) is 2.77. The Kier molecular flexibility index (Phi) is 8.68. The molecule has 1 aromatic rings. The second-order valence-corrected chi connectivity index (χ2v) is 10.5. The third-order valence-electron chi connectivity index (χ3n) is 6.03. The van der Waals surface area contributed by atoms with E-state index in [1.807, 2.05) is 31.2 Å². The van der Waals surface area contributed by atoms with Crippen LogP contribution in [0.3, 0.4) is 0 Å². The van der Waals surface area contributed by atoms with E-state index in [0.29, 0.717) is 38.3 Å². The topological polar surface area (TPSA) is 73.0 Å². The first-order chi connectivity index (χ1) is 14.5. The predicted molar refractivity (Wildman–Crippen MR) is 120 cm³/mol. The lowest BCUT2D eigenvalue weighted by molar-refractivity contribution is 0.0756. The fourth-order valence-electron chi connectivity index (χ4n) is 4.14. The molecule has 0 unspecified atom stereocenters. The Labute approximate surface area is 181 Å². The molecule has 0 atom stereocenters. The number of piperidine rings is 1. The molecule has 2 heterocycles. The van der Waals surface area contributed by atoms with E-state index in [2.05, 4.69) is 10.2 Å². The van der Waals surface area contributed by atoms with Gasteiger partial charge in [0.1, 0.15) is 0 Å². The van der Waals surface area contributed by atoms with Crippen LogP contribution in [-0.2, 0) is 10.0 Å². The summed E-state index contributed by atoms with van der Waals surface area (Å²) in [4.78, 5) is 17.3. The number of sulfonamides is 1. The van der Waals surface area contributed by atoms with Gasteiger partial charge in [0.2, 0.25) is 10.0 Å². The molecular formula is C22H36N4O3S. The summed E-state index contributed by atoms with van der Waals surface area (Å²) >= 11 is 0. The third-order valence-corrected chi connectivity index (χ3v) is 7.88. The standard InChI is InChI=1S/C22H36N4O3S/c1-20-6-8-21(9-7-20)22(27)25(15-5-14-24-12-3-2-4-13-24)18-19-30(28,29)26-16-10-23-11-17-26/h6-9,23H,2-5,10-19H2,1H3. The molecule has 2 aliphatic rings. The molecule has 0 saturated carbocycles. The van der Waals surface area contributed by atoms with E-state index in [0.717, 1.165) is 31.6 Å². The number of aryl methyl sites for hydroxylation is 1. The summed E-state index contributed by atoms with van der Waals surface area (Å²) in [5, 5.41) is 3.18. The molecule has 168 valence electrons. The number of likely N-dealkylation sites (tertiary alicyclic amines) is 1. The molecular weight excluding hydrogens is 400 g/mol. The van der Waals surface area contributed by atoms with E-state index < -0.39 is 10.0 Å². The van der Waals surface area contributed by atoms with Crippen LogP contribution in [0.1, 0.15) is 41.6 Å². The number of benzene rings is 1. The van der Waals surface area contributed by atoms with Crippen molar-refractivity contribution < 1.29 is 13.2 Å². The van der Waals surface area contributed by atoms with Gasteiger partial charge in [-0.05, 0) is 58.0 Å². The van der Waals surface area contributed by atoms with Crippen LogP contribution in [0.15, 0.2) is 24.3 Å². The van der Waals surface area contributed by atoms with Gasteiger partial charge in [0.15, 0.2) is 0 Å². The molecule has 30 heavy (non-hydrogen) atoms. The zero-order valence-corrected chi connectivity index (χ0v) is 19.0. The van der Waals surface area contributed by atoms with Crippen LogP contribution in [-0.4, -0.2) is 93.1 Å². The highest BCUT2D eigenvalue weighted by molar-refractivity contribution is 7.89. The van der Waals surface area contributed by atoms with Gasteiger partial charge in [-0.3, -0.25) is 4.79 Å². The molecule has 0 bridgehead atoms. The number of piperazine rings is 1. The number of nitrogens with one attached hydrogen (secondary N) is 1. The SMILES string of the molecule is Cc1ccc(C(=O)N(CCCN2CCCCC2)CCS(=O)(=O)N2CCNCC2)cc1. The van der Waals surface area contributed by atoms with Gasteiger partial charge in [-0.25, -0.2) is 8.42 Å². The van der Waals surface area contributed by atoms with Crippen LogP contribution in [0.4, 0.5) is 0 Å². The Hall–Kier alpha value is -1.48. The summed E-state index contributed by atoms with van der Waals surface area (Å²) in [6.07, 6.45) is 4.66. The Morgan fingerprint density at radius 1 is 1.00 bits per heavy atom. The minimum absolute atomic E-state index is 0.0195. The molecule has 0 aromatic heterocycles. The van der Waals surface area contributed by atoms with Crippen LogP contribution in [0.5, 0.6) is 0 Å². The Balaban J connectivity index is 1.61. The van der Waals surface area contributed by atoms with E-state index in [1.165, 1.54) is 19.3 Å². The summed E-state index contributed by atoms with van der Waals surface area (Å²) in [5.41, 5.74) is 1.72. The monoisotopic (exact) mass is 436 g/mol. The molecule has 8 heteroatoms. The highest BCUT2D eigenvalue weighted by Gasteiger charge is 2.26. The minimum Gasteiger partial charge on any atom is -0.338 e. The van der Waals surface area contributed by atoms with E-state index in [4.69, 9.17) is 0 Å². The number of nitrogens with zero attached hydrogens (tertiary/aromatic N) is 3. The van der Waals surface area contributed by atoms with Crippen molar-refractivity contribution in [2.24, 2.45) is 0 Å². The van der Waals surface area contributed by atoms with Gasteiger partial charge < -0.3 is 15.1 Å². The summed E-state index contributed by atoms with van der Waals surface area (Å²) in [6, 6.07) is 7.52. The quantitative estimate of drug-likeness (QED) is 0.636. The molecule has 2 fully saturated rings. The van der Waals surface area contributed by atoms with Gasteiger partial charge in [0, 0.05) is 44.8 Å². The van der Waals surface area contributed by atoms with Gasteiger partial charge in [-0.15, -0.1) is 0 Å². The summed E-state index contributed by atoms with van der Waals surface area (Å²) in [5.74, 6) is -0.0990. The average molecular weight is 437 g/mol. The summed E-state index contributed by atoms with van der Waals surface area (Å²) in [7, 11) is -3.36. The van der Waals surface area contributed by atoms with Gasteiger partial charge >= 0.3 is 0 Å². The van der Waals surface area contributed by atoms with E-state index >= 15 is 0 Å². The molecule has 2 aliphatic heterocycles. The van der Waals surface area contributed by atoms with Crippen molar-refractivity contribution in [3.05, 3.63) is 35.4 Å². The van der Waals surface area contributed by atoms with Crippen LogP contribution in [0.25, 0.3) is 0 Å². The van der Waals surface area contributed by atoms with Crippen LogP contribution < -0.4 is 5.32 Å². The number of amides is 1. The van der Waals surface area contributed by atoms with Crippen LogP contribution >= 0.6 is 0 Å². The van der Waals surface area contributed by atoms with Crippen molar-refractivity contribution in [2.75, 3.05) is 64.7 Å². The van der Waals surface area contributed by atoms with E-state index in [9.17, 15) is 13.2 Å². The molecule has 1 N–H and O–H groups in total. The number of hydrogen-bond acceptors (Lipinski definition) is 5. The Bertz CT molecular complexity index is 770. The molecule has 7 nitrogen and oxygen atoms in total. The lowest BCUT2D eigenvalue weighted by Crippen LogP contribution is -2.48. The summed E-state index contributed by atoms with van der Waals surface area (Å²) in [6.45, 7) is 8.40. The van der Waals surface area contributed by atoms with Crippen molar-refractivity contribution in [1.29, 1.82) is 0 Å². The highest BCUT2D eigenvalue weighted by atomic mass is 32.2. The number of carbonyl (C=O) groups is 1. The van der Waals surface area contributed by atoms with Gasteiger partial charge in [0.05, 0.1) is 5.75 Å². The number of rotatable bonds is 9. The largest absolute Gasteiger partial charge is 0.338 e. The molecule has 2 saturated heterocycles. The predicted octanol–water partition coefficient (Wildman–Crippen LogP) is 1.55. The Morgan fingerprint density at radius 2 is 1.67 bits per heavy atom. The maximum absolute atomic E-state index is 13.1. The van der Waals surface area contributed by atoms with E-state index in [-0.39, 0.29) is 18.2 Å². The third kappa shape index (κ3) is 6.77. The maximum Gasteiger partial charge on any atom is 0.253 e. The van der Waals surface area contributed by atoms with Gasteiger partial charge in [-0.1, -0.05) is 24.1 Å². The van der Waals surface area contributed by atoms with Crippen LogP contribution in [0, 0.1) is 6.92 Å². The zero-order valence-electron chi connectivity index (χ0n) is 18.2. The molecule has 3 rings (SSSR count). The van der Waals surface area contributed by atoms with E-state index in [1.54, 1.807) is 9.21 Å². The first-order valence-corrected chi connectivity index (χ1v) is 12.8. The normalized spacial score (nSPS) is 19.0.